The van der Waals surface area contributed by atoms with Crippen LogP contribution in [0, 0.1) is 6.92 Å². The molecule has 1 aromatic heterocycles. The minimum Gasteiger partial charge on any atom is -0.381 e. The Kier molecular flexibility index (Phi) is 4.67. The number of rotatable bonds is 5. The van der Waals surface area contributed by atoms with E-state index in [0.29, 0.717) is 5.95 Å². The molecule has 0 unspecified atom stereocenters. The van der Waals surface area contributed by atoms with Gasteiger partial charge in [0.05, 0.1) is 5.69 Å². The van der Waals surface area contributed by atoms with Crippen LogP contribution in [0.15, 0.2) is 54.6 Å². The van der Waals surface area contributed by atoms with Crippen LogP contribution in [0.1, 0.15) is 24.0 Å². The predicted molar refractivity (Wildman–Crippen MR) is 101 cm³/mol. The Balaban J connectivity index is 1.61. The third kappa shape index (κ3) is 3.20. The number of benzene rings is 2. The molecule has 0 atom stereocenters. The van der Waals surface area contributed by atoms with Crippen LogP contribution in [0.3, 0.4) is 0 Å². The molecule has 0 aliphatic carbocycles. The first kappa shape index (κ1) is 16.7. The van der Waals surface area contributed by atoms with E-state index < -0.39 is 0 Å². The Morgan fingerprint density at radius 3 is 2.54 bits per heavy atom. The number of hydrogen-bond donors (Lipinski definition) is 1. The second-order valence-electron chi connectivity index (χ2n) is 6.81. The molecule has 26 heavy (non-hydrogen) atoms. The van der Waals surface area contributed by atoms with Crippen LogP contribution < -0.4 is 5.32 Å². The van der Waals surface area contributed by atoms with Gasteiger partial charge in [-0.2, -0.15) is 4.68 Å². The number of aryl methyl sites for hydroxylation is 1. The van der Waals surface area contributed by atoms with Crippen LogP contribution in [0.4, 0.5) is 5.95 Å². The van der Waals surface area contributed by atoms with Crippen molar-refractivity contribution in [3.05, 3.63) is 65.7 Å². The zero-order valence-corrected chi connectivity index (χ0v) is 14.9. The van der Waals surface area contributed by atoms with Gasteiger partial charge >= 0.3 is 0 Å². The predicted octanol–water partition coefficient (Wildman–Crippen LogP) is 3.13. The molecule has 6 nitrogen and oxygen atoms in total. The van der Waals surface area contributed by atoms with Gasteiger partial charge in [-0.15, -0.1) is 0 Å². The van der Waals surface area contributed by atoms with E-state index in [9.17, 15) is 0 Å². The first-order chi connectivity index (χ1) is 12.8. The Morgan fingerprint density at radius 2 is 1.77 bits per heavy atom. The van der Waals surface area contributed by atoms with Gasteiger partial charge in [0.15, 0.2) is 0 Å². The molecule has 0 bridgehead atoms. The third-order valence-electron chi connectivity index (χ3n) is 5.22. The van der Waals surface area contributed by atoms with Crippen molar-refractivity contribution in [3.63, 3.8) is 0 Å². The molecule has 134 valence electrons. The fourth-order valence-corrected chi connectivity index (χ4v) is 3.76. The maximum absolute atomic E-state index is 5.64. The van der Waals surface area contributed by atoms with E-state index in [1.165, 1.54) is 11.1 Å². The van der Waals surface area contributed by atoms with Gasteiger partial charge in [0.25, 0.3) is 0 Å². The second-order valence-corrected chi connectivity index (χ2v) is 6.81. The van der Waals surface area contributed by atoms with Gasteiger partial charge in [-0.1, -0.05) is 47.6 Å². The minimum absolute atomic E-state index is 0.0249. The van der Waals surface area contributed by atoms with Gasteiger partial charge in [0.2, 0.25) is 5.95 Å². The zero-order chi connectivity index (χ0) is 17.8. The van der Waals surface area contributed by atoms with Crippen LogP contribution in [0.5, 0.6) is 0 Å². The van der Waals surface area contributed by atoms with Crippen molar-refractivity contribution >= 4 is 5.95 Å². The van der Waals surface area contributed by atoms with Gasteiger partial charge in [-0.25, -0.2) is 0 Å². The number of ether oxygens (including phenoxy) is 1. The minimum atomic E-state index is 0.0249. The molecule has 6 heteroatoms. The van der Waals surface area contributed by atoms with Crippen molar-refractivity contribution in [1.82, 2.24) is 20.2 Å². The van der Waals surface area contributed by atoms with E-state index in [4.69, 9.17) is 4.74 Å². The van der Waals surface area contributed by atoms with E-state index in [-0.39, 0.29) is 5.41 Å². The molecule has 0 saturated carbocycles. The highest BCUT2D eigenvalue weighted by Crippen LogP contribution is 2.36. The fraction of sp³-hybridized carbons (Fsp3) is 0.350. The van der Waals surface area contributed by atoms with Gasteiger partial charge in [0, 0.05) is 25.2 Å². The molecule has 4 rings (SSSR count). The summed E-state index contributed by atoms with van der Waals surface area (Å²) in [4.78, 5) is 0. The van der Waals surface area contributed by atoms with E-state index in [2.05, 4.69) is 52.0 Å². The summed E-state index contributed by atoms with van der Waals surface area (Å²) in [7, 11) is 0. The number of anilines is 1. The summed E-state index contributed by atoms with van der Waals surface area (Å²) in [5, 5.41) is 15.7. The first-order valence-electron chi connectivity index (χ1n) is 9.00. The largest absolute Gasteiger partial charge is 0.381 e. The number of hydrogen-bond acceptors (Lipinski definition) is 5. The van der Waals surface area contributed by atoms with Crippen molar-refractivity contribution < 1.29 is 4.74 Å². The van der Waals surface area contributed by atoms with Crippen LogP contribution in [0.2, 0.25) is 0 Å². The maximum atomic E-state index is 5.64. The number of nitrogens with zero attached hydrogens (tertiary/aromatic N) is 4. The molecule has 0 radical (unpaired) electrons. The average Bonchev–Trinajstić information content (AvgIpc) is 3.17. The lowest BCUT2D eigenvalue weighted by Crippen LogP contribution is -2.41. The van der Waals surface area contributed by atoms with E-state index in [1.54, 1.807) is 4.68 Å². The molecule has 1 aliphatic rings. The number of para-hydroxylation sites is 1. The van der Waals surface area contributed by atoms with Crippen LogP contribution in [-0.4, -0.2) is 40.0 Å². The highest BCUT2D eigenvalue weighted by molar-refractivity contribution is 5.41. The molecule has 1 saturated heterocycles. The van der Waals surface area contributed by atoms with E-state index >= 15 is 0 Å². The topological polar surface area (TPSA) is 64.9 Å². The SMILES string of the molecule is Cc1ccccc1C1(CNc2nnnn2-c2ccccc2)CCOCC1. The van der Waals surface area contributed by atoms with E-state index in [1.807, 2.05) is 30.3 Å². The Hall–Kier alpha value is -2.73. The lowest BCUT2D eigenvalue weighted by Gasteiger charge is -2.39. The Bertz CT molecular complexity index is 855. The normalized spacial score (nSPS) is 16.3. The van der Waals surface area contributed by atoms with Gasteiger partial charge in [0.1, 0.15) is 0 Å². The molecule has 0 amide bonds. The molecule has 1 fully saturated rings. The monoisotopic (exact) mass is 349 g/mol. The van der Waals surface area contributed by atoms with Crippen molar-refractivity contribution in [3.8, 4) is 5.69 Å². The van der Waals surface area contributed by atoms with Crippen molar-refractivity contribution in [1.29, 1.82) is 0 Å². The summed E-state index contributed by atoms with van der Waals surface area (Å²) in [5.41, 5.74) is 3.67. The molecule has 2 aromatic carbocycles. The maximum Gasteiger partial charge on any atom is 0.247 e. The summed E-state index contributed by atoms with van der Waals surface area (Å²) in [6.45, 7) is 4.51. The lowest BCUT2D eigenvalue weighted by atomic mass is 9.72. The summed E-state index contributed by atoms with van der Waals surface area (Å²) in [6.07, 6.45) is 1.97. The van der Waals surface area contributed by atoms with Gasteiger partial charge in [-0.3, -0.25) is 0 Å². The summed E-state index contributed by atoms with van der Waals surface area (Å²) < 4.78 is 7.38. The van der Waals surface area contributed by atoms with Crippen LogP contribution >= 0.6 is 0 Å². The number of aromatic nitrogens is 4. The Labute approximate surface area is 153 Å². The molecular formula is C20H23N5O. The second kappa shape index (κ2) is 7.25. The number of nitrogens with one attached hydrogen (secondary N) is 1. The smallest absolute Gasteiger partial charge is 0.247 e. The molecular weight excluding hydrogens is 326 g/mol. The number of tetrazole rings is 1. The summed E-state index contributed by atoms with van der Waals surface area (Å²) in [6, 6.07) is 18.6. The summed E-state index contributed by atoms with van der Waals surface area (Å²) in [5.74, 6) is 0.663. The zero-order valence-electron chi connectivity index (χ0n) is 14.9. The first-order valence-corrected chi connectivity index (χ1v) is 9.00. The third-order valence-corrected chi connectivity index (χ3v) is 5.22. The van der Waals surface area contributed by atoms with Crippen molar-refractivity contribution in [2.24, 2.45) is 0 Å². The molecule has 3 aromatic rings. The molecule has 1 N–H and O–H groups in total. The highest BCUT2D eigenvalue weighted by atomic mass is 16.5. The average molecular weight is 349 g/mol. The molecule has 0 spiro atoms. The highest BCUT2D eigenvalue weighted by Gasteiger charge is 2.35. The van der Waals surface area contributed by atoms with E-state index in [0.717, 1.165) is 38.3 Å². The molecule has 1 aliphatic heterocycles. The summed E-state index contributed by atoms with van der Waals surface area (Å²) >= 11 is 0. The van der Waals surface area contributed by atoms with Crippen LogP contribution in [0.25, 0.3) is 5.69 Å². The quantitative estimate of drug-likeness (QED) is 0.767. The van der Waals surface area contributed by atoms with Crippen molar-refractivity contribution in [2.45, 2.75) is 25.2 Å². The lowest BCUT2D eigenvalue weighted by molar-refractivity contribution is 0.0541. The van der Waals surface area contributed by atoms with Gasteiger partial charge in [-0.05, 0) is 53.5 Å². The Morgan fingerprint density at radius 1 is 1.04 bits per heavy atom. The fourth-order valence-electron chi connectivity index (χ4n) is 3.76. The van der Waals surface area contributed by atoms with Gasteiger partial charge < -0.3 is 10.1 Å². The standard InChI is InChI=1S/C20H23N5O/c1-16-7-5-6-10-18(16)20(11-13-26-14-12-20)15-21-19-22-23-24-25(19)17-8-3-2-4-9-17/h2-10H,11-15H2,1H3,(H,21,22,24). The molecule has 2 heterocycles. The van der Waals surface area contributed by atoms with Crippen molar-refractivity contribution in [2.75, 3.05) is 25.1 Å². The van der Waals surface area contributed by atoms with Crippen LogP contribution in [-0.2, 0) is 10.2 Å².